The number of rotatable bonds is 3. The number of hydrogen-bond acceptors (Lipinski definition) is 3. The van der Waals surface area contributed by atoms with E-state index >= 15 is 0 Å². The van der Waals surface area contributed by atoms with E-state index in [2.05, 4.69) is 4.99 Å². The number of nitrogens with zero attached hydrogens (tertiary/aromatic N) is 1. The lowest BCUT2D eigenvalue weighted by molar-refractivity contribution is 0.0689. The van der Waals surface area contributed by atoms with Gasteiger partial charge in [0.05, 0.1) is 0 Å². The third-order valence-electron chi connectivity index (χ3n) is 2.14. The van der Waals surface area contributed by atoms with Crippen LogP contribution in [0.15, 0.2) is 17.3 Å². The maximum atomic E-state index is 5.55. The van der Waals surface area contributed by atoms with E-state index in [1.54, 1.807) is 6.08 Å². The van der Waals surface area contributed by atoms with E-state index in [4.69, 9.17) is 16.2 Å². The molecule has 0 radical (unpaired) electrons. The number of ether oxygens (including phenoxy) is 1. The van der Waals surface area contributed by atoms with Crippen molar-refractivity contribution in [2.75, 3.05) is 19.8 Å². The van der Waals surface area contributed by atoms with Crippen LogP contribution in [0, 0.1) is 5.92 Å². The highest BCUT2D eigenvalue weighted by molar-refractivity contribution is 5.91. The van der Waals surface area contributed by atoms with Gasteiger partial charge in [0.25, 0.3) is 0 Å². The molecule has 0 aromatic heterocycles. The second-order valence-corrected chi connectivity index (χ2v) is 3.18. The first-order valence-corrected chi connectivity index (χ1v) is 4.59. The summed E-state index contributed by atoms with van der Waals surface area (Å²) < 4.78 is 5.24. The van der Waals surface area contributed by atoms with Gasteiger partial charge in [0.1, 0.15) is 5.84 Å². The van der Waals surface area contributed by atoms with Crippen molar-refractivity contribution in [3.63, 3.8) is 0 Å². The molecule has 1 rings (SSSR count). The fourth-order valence-corrected chi connectivity index (χ4v) is 1.31. The number of hydrogen-bond donors (Lipinski definition) is 2. The molecular formula is C9H17N3O. The van der Waals surface area contributed by atoms with Gasteiger partial charge in [-0.05, 0) is 31.0 Å². The van der Waals surface area contributed by atoms with Crippen LogP contribution in [0.5, 0.6) is 0 Å². The Labute approximate surface area is 78.7 Å². The highest BCUT2D eigenvalue weighted by Gasteiger charge is 2.12. The summed E-state index contributed by atoms with van der Waals surface area (Å²) in [5.41, 5.74) is 10.7. The van der Waals surface area contributed by atoms with Gasteiger partial charge in [0.15, 0.2) is 0 Å². The zero-order chi connectivity index (χ0) is 9.52. The summed E-state index contributed by atoms with van der Waals surface area (Å²) in [5.74, 6) is 1.13. The molecule has 0 spiro atoms. The van der Waals surface area contributed by atoms with Gasteiger partial charge in [-0.2, -0.15) is 0 Å². The van der Waals surface area contributed by atoms with Gasteiger partial charge < -0.3 is 16.2 Å². The van der Waals surface area contributed by atoms with Crippen molar-refractivity contribution in [1.29, 1.82) is 0 Å². The molecule has 4 N–H and O–H groups in total. The number of nitrogens with two attached hydrogens (primary N) is 2. The first-order chi connectivity index (χ1) is 6.33. The Bertz CT molecular complexity index is 195. The summed E-state index contributed by atoms with van der Waals surface area (Å²) in [6.07, 6.45) is 5.19. The van der Waals surface area contributed by atoms with Crippen molar-refractivity contribution >= 4 is 5.84 Å². The van der Waals surface area contributed by atoms with Crippen LogP contribution in [0.4, 0.5) is 0 Å². The lowest BCUT2D eigenvalue weighted by Crippen LogP contribution is -2.19. The molecule has 1 fully saturated rings. The molecule has 0 aromatic carbocycles. The van der Waals surface area contributed by atoms with E-state index in [0.717, 1.165) is 32.6 Å². The first kappa shape index (κ1) is 10.1. The van der Waals surface area contributed by atoms with Gasteiger partial charge in [0, 0.05) is 19.8 Å². The van der Waals surface area contributed by atoms with Crippen LogP contribution in [0.25, 0.3) is 0 Å². The predicted octanol–water partition coefficient (Wildman–Crippen LogP) is 0.243. The third kappa shape index (κ3) is 3.94. The molecule has 13 heavy (non-hydrogen) atoms. The Morgan fingerprint density at radius 2 is 2.15 bits per heavy atom. The van der Waals surface area contributed by atoms with E-state index in [0.29, 0.717) is 11.8 Å². The molecule has 4 nitrogen and oxygen atoms in total. The van der Waals surface area contributed by atoms with Crippen molar-refractivity contribution in [3.8, 4) is 0 Å². The van der Waals surface area contributed by atoms with Gasteiger partial charge in [-0.1, -0.05) is 0 Å². The van der Waals surface area contributed by atoms with Gasteiger partial charge in [-0.15, -0.1) is 0 Å². The molecule has 1 aliphatic rings. The molecule has 74 valence electrons. The van der Waals surface area contributed by atoms with Crippen molar-refractivity contribution in [1.82, 2.24) is 0 Å². The summed E-state index contributed by atoms with van der Waals surface area (Å²) in [4.78, 5) is 4.21. The minimum Gasteiger partial charge on any atom is -0.404 e. The van der Waals surface area contributed by atoms with Crippen LogP contribution < -0.4 is 11.5 Å². The Kier molecular flexibility index (Phi) is 4.32. The van der Waals surface area contributed by atoms with Crippen molar-refractivity contribution < 1.29 is 4.74 Å². The van der Waals surface area contributed by atoms with Gasteiger partial charge >= 0.3 is 0 Å². The fraction of sp³-hybridized carbons (Fsp3) is 0.667. The van der Waals surface area contributed by atoms with Crippen LogP contribution in [0.2, 0.25) is 0 Å². The second kappa shape index (κ2) is 5.59. The molecule has 4 heteroatoms. The maximum absolute atomic E-state index is 5.55. The predicted molar refractivity (Wildman–Crippen MR) is 53.4 cm³/mol. The SMILES string of the molecule is NC=CC(N)=NCC1CCOCC1. The Balaban J connectivity index is 2.27. The number of amidine groups is 1. The van der Waals surface area contributed by atoms with Crippen LogP contribution in [0.1, 0.15) is 12.8 Å². The summed E-state index contributed by atoms with van der Waals surface area (Å²) >= 11 is 0. The molecule has 1 aliphatic heterocycles. The molecule has 0 aromatic rings. The molecule has 1 heterocycles. The van der Waals surface area contributed by atoms with Gasteiger partial charge in [0.2, 0.25) is 0 Å². The average Bonchev–Trinajstić information content (AvgIpc) is 2.17. The van der Waals surface area contributed by atoms with E-state index in [-0.39, 0.29) is 0 Å². The van der Waals surface area contributed by atoms with Crippen LogP contribution in [0.3, 0.4) is 0 Å². The molecule has 1 saturated heterocycles. The molecule has 0 atom stereocenters. The Morgan fingerprint density at radius 3 is 2.77 bits per heavy atom. The second-order valence-electron chi connectivity index (χ2n) is 3.18. The van der Waals surface area contributed by atoms with Crippen LogP contribution in [-0.2, 0) is 4.74 Å². The van der Waals surface area contributed by atoms with Gasteiger partial charge in [-0.3, -0.25) is 4.99 Å². The summed E-state index contributed by atoms with van der Waals surface area (Å²) in [5, 5.41) is 0. The maximum Gasteiger partial charge on any atom is 0.119 e. The smallest absolute Gasteiger partial charge is 0.119 e. The lowest BCUT2D eigenvalue weighted by Gasteiger charge is -2.19. The monoisotopic (exact) mass is 183 g/mol. The zero-order valence-corrected chi connectivity index (χ0v) is 7.78. The standard InChI is InChI=1S/C9H17N3O/c10-4-1-9(11)12-7-8-2-5-13-6-3-8/h1,4,8H,2-3,5-7,10H2,(H2,11,12). The van der Waals surface area contributed by atoms with Crippen LogP contribution >= 0.6 is 0 Å². The third-order valence-corrected chi connectivity index (χ3v) is 2.14. The van der Waals surface area contributed by atoms with E-state index in [1.807, 2.05) is 0 Å². The fourth-order valence-electron chi connectivity index (χ4n) is 1.31. The van der Waals surface area contributed by atoms with E-state index in [9.17, 15) is 0 Å². The normalized spacial score (nSPS) is 21.1. The van der Waals surface area contributed by atoms with Crippen LogP contribution in [-0.4, -0.2) is 25.6 Å². The van der Waals surface area contributed by atoms with E-state index in [1.165, 1.54) is 6.20 Å². The molecule has 0 bridgehead atoms. The zero-order valence-electron chi connectivity index (χ0n) is 7.78. The highest BCUT2D eigenvalue weighted by Crippen LogP contribution is 2.14. The molecule has 0 saturated carbocycles. The quantitative estimate of drug-likeness (QED) is 0.486. The Hall–Kier alpha value is -1.03. The average molecular weight is 183 g/mol. The molecule has 0 amide bonds. The van der Waals surface area contributed by atoms with Gasteiger partial charge in [-0.25, -0.2) is 0 Å². The summed E-state index contributed by atoms with van der Waals surface area (Å²) in [6.45, 7) is 2.50. The highest BCUT2D eigenvalue weighted by atomic mass is 16.5. The largest absolute Gasteiger partial charge is 0.404 e. The lowest BCUT2D eigenvalue weighted by atomic mass is 10.0. The first-order valence-electron chi connectivity index (χ1n) is 4.59. The van der Waals surface area contributed by atoms with Crippen molar-refractivity contribution in [3.05, 3.63) is 12.3 Å². The topological polar surface area (TPSA) is 73.6 Å². The minimum atomic E-state index is 0.508. The molecule has 0 unspecified atom stereocenters. The van der Waals surface area contributed by atoms with Crippen molar-refractivity contribution in [2.24, 2.45) is 22.4 Å². The van der Waals surface area contributed by atoms with Crippen molar-refractivity contribution in [2.45, 2.75) is 12.8 Å². The summed E-state index contributed by atoms with van der Waals surface area (Å²) in [6, 6.07) is 0. The number of aliphatic imine (C=N–C) groups is 1. The summed E-state index contributed by atoms with van der Waals surface area (Å²) in [7, 11) is 0. The molecule has 0 aliphatic carbocycles. The molecular weight excluding hydrogens is 166 g/mol. The van der Waals surface area contributed by atoms with E-state index < -0.39 is 0 Å². The minimum absolute atomic E-state index is 0.508. The Morgan fingerprint density at radius 1 is 1.46 bits per heavy atom.